The van der Waals surface area contributed by atoms with Crippen LogP contribution in [0.2, 0.25) is 0 Å². The number of hydrogen-bond acceptors (Lipinski definition) is 2. The highest BCUT2D eigenvalue weighted by molar-refractivity contribution is 7.89. The van der Waals surface area contributed by atoms with Crippen LogP contribution >= 0.6 is 0 Å². The third kappa shape index (κ3) is 3.69. The van der Waals surface area contributed by atoms with E-state index in [0.717, 1.165) is 5.56 Å². The zero-order valence-electron chi connectivity index (χ0n) is 11.6. The molecule has 1 rings (SSSR count). The van der Waals surface area contributed by atoms with E-state index in [2.05, 4.69) is 18.4 Å². The largest absolute Gasteiger partial charge is 0.244 e. The van der Waals surface area contributed by atoms with Gasteiger partial charge in [0.2, 0.25) is 10.0 Å². The molecule has 0 radical (unpaired) electrons. The quantitative estimate of drug-likeness (QED) is 0.613. The highest BCUT2D eigenvalue weighted by Gasteiger charge is 2.26. The standard InChI is InChI=1S/C15H19NO2S/c1-5-7-12-16(14(4)6-2)19(17,18)15-10-8-13(3)9-11-15/h6,8-11,14H,2,12H2,1,3-4H3/t14-/m1/s1. The minimum absolute atomic E-state index is 0.167. The summed E-state index contributed by atoms with van der Waals surface area (Å²) >= 11 is 0. The minimum atomic E-state index is -3.54. The maximum absolute atomic E-state index is 12.6. The van der Waals surface area contributed by atoms with Crippen molar-refractivity contribution < 1.29 is 8.42 Å². The molecule has 1 aromatic carbocycles. The molecule has 0 spiro atoms. The van der Waals surface area contributed by atoms with E-state index < -0.39 is 10.0 Å². The predicted molar refractivity (Wildman–Crippen MR) is 78.2 cm³/mol. The summed E-state index contributed by atoms with van der Waals surface area (Å²) in [6, 6.07) is 6.51. The smallest absolute Gasteiger partial charge is 0.207 e. The lowest BCUT2D eigenvalue weighted by Gasteiger charge is -2.24. The van der Waals surface area contributed by atoms with Gasteiger partial charge in [0.25, 0.3) is 0 Å². The SMILES string of the molecule is C=C[C@@H](C)N(CC#CC)S(=O)(=O)c1ccc(C)cc1. The molecule has 102 valence electrons. The van der Waals surface area contributed by atoms with Gasteiger partial charge in [0, 0.05) is 6.04 Å². The molecule has 0 heterocycles. The molecule has 1 atom stereocenters. The van der Waals surface area contributed by atoms with E-state index in [1.165, 1.54) is 4.31 Å². The maximum Gasteiger partial charge on any atom is 0.244 e. The maximum atomic E-state index is 12.6. The fraction of sp³-hybridized carbons (Fsp3) is 0.333. The first-order chi connectivity index (χ1) is 8.93. The number of rotatable bonds is 5. The Hall–Kier alpha value is -1.57. The van der Waals surface area contributed by atoms with Gasteiger partial charge >= 0.3 is 0 Å². The van der Waals surface area contributed by atoms with Gasteiger partial charge in [-0.25, -0.2) is 8.42 Å². The van der Waals surface area contributed by atoms with E-state index in [4.69, 9.17) is 0 Å². The lowest BCUT2D eigenvalue weighted by Crippen LogP contribution is -2.37. The molecule has 3 nitrogen and oxygen atoms in total. The third-order valence-electron chi connectivity index (χ3n) is 2.83. The van der Waals surface area contributed by atoms with Crippen LogP contribution < -0.4 is 0 Å². The molecule has 0 saturated carbocycles. The van der Waals surface area contributed by atoms with Gasteiger partial charge < -0.3 is 0 Å². The molecule has 0 saturated heterocycles. The summed E-state index contributed by atoms with van der Waals surface area (Å²) in [5.74, 6) is 5.52. The van der Waals surface area contributed by atoms with E-state index in [9.17, 15) is 8.42 Å². The van der Waals surface area contributed by atoms with Gasteiger partial charge in [0.05, 0.1) is 11.4 Å². The van der Waals surface area contributed by atoms with Crippen molar-refractivity contribution in [2.45, 2.75) is 31.7 Å². The summed E-state index contributed by atoms with van der Waals surface area (Å²) in [4.78, 5) is 0.282. The van der Waals surface area contributed by atoms with Gasteiger partial charge in [-0.15, -0.1) is 12.5 Å². The summed E-state index contributed by atoms with van der Waals surface area (Å²) < 4.78 is 26.5. The Morgan fingerprint density at radius 3 is 2.42 bits per heavy atom. The molecule has 0 unspecified atom stereocenters. The second-order valence-corrected chi connectivity index (χ2v) is 6.16. The first-order valence-electron chi connectivity index (χ1n) is 6.04. The van der Waals surface area contributed by atoms with E-state index in [1.807, 2.05) is 6.92 Å². The van der Waals surface area contributed by atoms with Crippen LogP contribution in [0.4, 0.5) is 0 Å². The normalized spacial score (nSPS) is 12.6. The zero-order chi connectivity index (χ0) is 14.5. The molecule has 0 aliphatic rings. The number of benzene rings is 1. The summed E-state index contributed by atoms with van der Waals surface area (Å²) in [7, 11) is -3.54. The molecule has 0 fully saturated rings. The topological polar surface area (TPSA) is 37.4 Å². The third-order valence-corrected chi connectivity index (χ3v) is 4.78. The highest BCUT2D eigenvalue weighted by Crippen LogP contribution is 2.18. The van der Waals surface area contributed by atoms with Crippen LogP contribution in [0.25, 0.3) is 0 Å². The second kappa shape index (κ2) is 6.55. The molecule has 0 amide bonds. The summed E-state index contributed by atoms with van der Waals surface area (Å²) in [5.41, 5.74) is 1.02. The van der Waals surface area contributed by atoms with Crippen LogP contribution in [0.15, 0.2) is 41.8 Å². The Labute approximate surface area is 116 Å². The molecule has 19 heavy (non-hydrogen) atoms. The molecule has 0 N–H and O–H groups in total. The molecule has 0 aliphatic heterocycles. The van der Waals surface area contributed by atoms with Gasteiger partial charge in [0.15, 0.2) is 0 Å². The number of nitrogens with zero attached hydrogens (tertiary/aromatic N) is 1. The van der Waals surface area contributed by atoms with E-state index in [0.29, 0.717) is 0 Å². The second-order valence-electron chi connectivity index (χ2n) is 4.27. The van der Waals surface area contributed by atoms with Crippen LogP contribution in [0, 0.1) is 18.8 Å². The van der Waals surface area contributed by atoms with Crippen molar-refractivity contribution in [2.24, 2.45) is 0 Å². The van der Waals surface area contributed by atoms with Crippen molar-refractivity contribution in [1.82, 2.24) is 4.31 Å². The van der Waals surface area contributed by atoms with E-state index in [-0.39, 0.29) is 17.5 Å². The predicted octanol–water partition coefficient (Wildman–Crippen LogP) is 2.58. The van der Waals surface area contributed by atoms with E-state index in [1.54, 1.807) is 44.2 Å². The van der Waals surface area contributed by atoms with Crippen molar-refractivity contribution >= 4 is 10.0 Å². The minimum Gasteiger partial charge on any atom is -0.207 e. The molecule has 0 aromatic heterocycles. The van der Waals surface area contributed by atoms with Crippen molar-refractivity contribution in [1.29, 1.82) is 0 Å². The Kier molecular flexibility index (Phi) is 5.34. The monoisotopic (exact) mass is 277 g/mol. The van der Waals surface area contributed by atoms with Gasteiger partial charge in [-0.05, 0) is 32.9 Å². The average molecular weight is 277 g/mol. The molecule has 0 aliphatic carbocycles. The van der Waals surface area contributed by atoms with Gasteiger partial charge in [0.1, 0.15) is 0 Å². The van der Waals surface area contributed by atoms with Crippen LogP contribution in [-0.4, -0.2) is 25.3 Å². The number of hydrogen-bond donors (Lipinski definition) is 0. The van der Waals surface area contributed by atoms with Crippen LogP contribution in [-0.2, 0) is 10.0 Å². The average Bonchev–Trinajstić information content (AvgIpc) is 2.39. The van der Waals surface area contributed by atoms with Crippen molar-refractivity contribution in [3.8, 4) is 11.8 Å². The lowest BCUT2D eigenvalue weighted by atomic mass is 10.2. The van der Waals surface area contributed by atoms with Crippen molar-refractivity contribution in [3.05, 3.63) is 42.5 Å². The van der Waals surface area contributed by atoms with Gasteiger partial charge in [-0.1, -0.05) is 29.7 Å². The fourth-order valence-electron chi connectivity index (χ4n) is 1.57. The number of aryl methyl sites for hydroxylation is 1. The Balaban J connectivity index is 3.21. The van der Waals surface area contributed by atoms with Crippen LogP contribution in [0.5, 0.6) is 0 Å². The zero-order valence-corrected chi connectivity index (χ0v) is 12.4. The number of sulfonamides is 1. The van der Waals surface area contributed by atoms with Gasteiger partial charge in [-0.3, -0.25) is 0 Å². The van der Waals surface area contributed by atoms with Crippen LogP contribution in [0.1, 0.15) is 19.4 Å². The van der Waals surface area contributed by atoms with Crippen molar-refractivity contribution in [2.75, 3.05) is 6.54 Å². The van der Waals surface area contributed by atoms with Crippen molar-refractivity contribution in [3.63, 3.8) is 0 Å². The molecule has 4 heteroatoms. The Morgan fingerprint density at radius 2 is 1.95 bits per heavy atom. The van der Waals surface area contributed by atoms with Crippen LogP contribution in [0.3, 0.4) is 0 Å². The first-order valence-corrected chi connectivity index (χ1v) is 7.48. The summed E-state index contributed by atoms with van der Waals surface area (Å²) in [5, 5.41) is 0. The molecular formula is C15H19NO2S. The Morgan fingerprint density at radius 1 is 1.37 bits per heavy atom. The summed E-state index contributed by atoms with van der Waals surface area (Å²) in [6.07, 6.45) is 1.60. The van der Waals surface area contributed by atoms with Gasteiger partial charge in [-0.2, -0.15) is 4.31 Å². The highest BCUT2D eigenvalue weighted by atomic mass is 32.2. The summed E-state index contributed by atoms with van der Waals surface area (Å²) in [6.45, 7) is 9.22. The molecule has 0 bridgehead atoms. The Bertz CT molecular complexity index is 591. The fourth-order valence-corrected chi connectivity index (χ4v) is 3.08. The first kappa shape index (κ1) is 15.5. The lowest BCUT2D eigenvalue weighted by molar-refractivity contribution is 0.412. The molecular weight excluding hydrogens is 258 g/mol. The van der Waals surface area contributed by atoms with E-state index >= 15 is 0 Å². The molecule has 1 aromatic rings.